The molecule has 0 aromatic heterocycles. The maximum atomic E-state index is 13.8. The van der Waals surface area contributed by atoms with Gasteiger partial charge in [-0.1, -0.05) is 19.9 Å². The predicted octanol–water partition coefficient (Wildman–Crippen LogP) is 4.08. The van der Waals surface area contributed by atoms with E-state index in [2.05, 4.69) is 31.1 Å². The number of likely N-dealkylation sites (tertiary alicyclic amines) is 1. The fourth-order valence-electron chi connectivity index (χ4n) is 5.81. The number of hydrogen-bond donors (Lipinski definition) is 1. The molecule has 4 nitrogen and oxygen atoms in total. The van der Waals surface area contributed by atoms with Crippen LogP contribution in [0.15, 0.2) is 18.2 Å². The van der Waals surface area contributed by atoms with E-state index in [1.807, 2.05) is 4.90 Å². The number of rotatable bonds is 4. The lowest BCUT2D eigenvalue weighted by Crippen LogP contribution is -2.48. The van der Waals surface area contributed by atoms with Crippen molar-refractivity contribution in [3.8, 4) is 0 Å². The second-order valence-corrected chi connectivity index (χ2v) is 10.1. The lowest BCUT2D eigenvalue weighted by molar-refractivity contribution is -0.145. The highest BCUT2D eigenvalue weighted by molar-refractivity contribution is 5.84. The first-order valence-electron chi connectivity index (χ1n) is 11.5. The smallest absolute Gasteiger partial charge is 0.338 e. The van der Waals surface area contributed by atoms with Crippen LogP contribution in [0.3, 0.4) is 0 Å². The Morgan fingerprint density at radius 2 is 1.94 bits per heavy atom. The molecule has 7 heteroatoms. The molecule has 1 aliphatic carbocycles. The summed E-state index contributed by atoms with van der Waals surface area (Å²) < 4.78 is 39.5. The molecule has 31 heavy (non-hydrogen) atoms. The van der Waals surface area contributed by atoms with Crippen molar-refractivity contribution in [2.45, 2.75) is 70.8 Å². The summed E-state index contributed by atoms with van der Waals surface area (Å²) in [4.78, 5) is 17.9. The summed E-state index contributed by atoms with van der Waals surface area (Å²) in [6.07, 6.45) is 0.0286. The van der Waals surface area contributed by atoms with Crippen LogP contribution in [0, 0.1) is 11.3 Å². The number of hydrogen-bond acceptors (Lipinski definition) is 3. The van der Waals surface area contributed by atoms with Crippen molar-refractivity contribution in [3.63, 3.8) is 0 Å². The number of halogens is 3. The molecule has 1 unspecified atom stereocenters. The average Bonchev–Trinajstić information content (AvgIpc) is 3.33. The molecule has 2 heterocycles. The van der Waals surface area contributed by atoms with Gasteiger partial charge in [-0.2, -0.15) is 13.2 Å². The number of fused-ring (bicyclic) bond motifs is 1. The molecule has 0 spiro atoms. The van der Waals surface area contributed by atoms with Gasteiger partial charge in [-0.15, -0.1) is 0 Å². The van der Waals surface area contributed by atoms with Crippen LogP contribution in [0.25, 0.3) is 0 Å². The predicted molar refractivity (Wildman–Crippen MR) is 115 cm³/mol. The van der Waals surface area contributed by atoms with Gasteiger partial charge in [0.25, 0.3) is 0 Å². The van der Waals surface area contributed by atoms with Crippen molar-refractivity contribution in [2.75, 3.05) is 26.7 Å². The van der Waals surface area contributed by atoms with Crippen molar-refractivity contribution in [1.29, 1.82) is 0 Å². The molecule has 1 saturated carbocycles. The largest absolute Gasteiger partial charge is 0.416 e. The van der Waals surface area contributed by atoms with Crippen LogP contribution < -0.4 is 5.32 Å². The van der Waals surface area contributed by atoms with E-state index in [0.29, 0.717) is 30.6 Å². The first kappa shape index (κ1) is 22.6. The third-order valence-corrected chi connectivity index (χ3v) is 7.78. The highest BCUT2D eigenvalue weighted by Gasteiger charge is 2.50. The van der Waals surface area contributed by atoms with E-state index in [1.165, 1.54) is 6.07 Å². The topological polar surface area (TPSA) is 35.6 Å². The lowest BCUT2D eigenvalue weighted by atomic mass is 9.73. The number of alkyl halides is 3. The number of carbonyl (C=O) groups is 1. The summed E-state index contributed by atoms with van der Waals surface area (Å²) in [5.41, 5.74) is 0.495. The molecule has 1 aromatic carbocycles. The standard InChI is InChI=1S/C24H34F3N3O/c1-16(2)23(9-6-20(13-23)28-21-8-10-29(3)15-21)22(31)30-11-7-17-4-5-19(24(25,26)27)12-18(17)14-30/h4-5,12,16,20-21,28H,6-11,13-15H2,1-3H3/t20-,21?,23+/m1/s1. The Labute approximate surface area is 183 Å². The Morgan fingerprint density at radius 3 is 2.58 bits per heavy atom. The third kappa shape index (κ3) is 4.49. The van der Waals surface area contributed by atoms with Crippen molar-refractivity contribution in [1.82, 2.24) is 15.1 Å². The molecule has 1 saturated heterocycles. The van der Waals surface area contributed by atoms with Gasteiger partial charge >= 0.3 is 6.18 Å². The minimum absolute atomic E-state index is 0.124. The highest BCUT2D eigenvalue weighted by atomic mass is 19.4. The Hall–Kier alpha value is -1.60. The van der Waals surface area contributed by atoms with Crippen molar-refractivity contribution in [3.05, 3.63) is 34.9 Å². The van der Waals surface area contributed by atoms with E-state index in [0.717, 1.165) is 50.4 Å². The number of amides is 1. The van der Waals surface area contributed by atoms with Crippen LogP contribution in [0.4, 0.5) is 13.2 Å². The minimum atomic E-state index is -4.36. The summed E-state index contributed by atoms with van der Waals surface area (Å²) >= 11 is 0. The zero-order valence-electron chi connectivity index (χ0n) is 18.8. The normalized spacial score (nSPS) is 29.6. The van der Waals surface area contributed by atoms with Crippen LogP contribution in [0.5, 0.6) is 0 Å². The summed E-state index contributed by atoms with van der Waals surface area (Å²) in [5, 5.41) is 3.78. The second kappa shape index (κ2) is 8.39. The van der Waals surface area contributed by atoms with E-state index in [-0.39, 0.29) is 18.4 Å². The number of nitrogens with zero attached hydrogens (tertiary/aromatic N) is 2. The minimum Gasteiger partial charge on any atom is -0.338 e. The molecular formula is C24H34F3N3O. The van der Waals surface area contributed by atoms with Gasteiger partial charge in [-0.3, -0.25) is 4.79 Å². The van der Waals surface area contributed by atoms with E-state index in [1.54, 1.807) is 6.07 Å². The average molecular weight is 438 g/mol. The third-order valence-electron chi connectivity index (χ3n) is 7.78. The number of likely N-dealkylation sites (N-methyl/N-ethyl adjacent to an activating group) is 1. The van der Waals surface area contributed by atoms with Crippen LogP contribution in [0.1, 0.15) is 56.2 Å². The Balaban J connectivity index is 1.48. The van der Waals surface area contributed by atoms with Crippen LogP contribution in [-0.2, 0) is 23.9 Å². The molecule has 1 aromatic rings. The monoisotopic (exact) mass is 437 g/mol. The molecule has 0 radical (unpaired) electrons. The van der Waals surface area contributed by atoms with Gasteiger partial charge < -0.3 is 15.1 Å². The fourth-order valence-corrected chi connectivity index (χ4v) is 5.81. The fraction of sp³-hybridized carbons (Fsp3) is 0.708. The van der Waals surface area contributed by atoms with E-state index in [4.69, 9.17) is 0 Å². The van der Waals surface area contributed by atoms with E-state index >= 15 is 0 Å². The van der Waals surface area contributed by atoms with E-state index in [9.17, 15) is 18.0 Å². The summed E-state index contributed by atoms with van der Waals surface area (Å²) in [7, 11) is 2.14. The second-order valence-electron chi connectivity index (χ2n) is 10.1. The Morgan fingerprint density at radius 1 is 1.16 bits per heavy atom. The SMILES string of the molecule is CC(C)[C@]1(C(=O)N2CCc3ccc(C(F)(F)F)cc3C2)CC[C@@H](NC2CCN(C)C2)C1. The number of carbonyl (C=O) groups excluding carboxylic acids is 1. The lowest BCUT2D eigenvalue weighted by Gasteiger charge is -2.40. The van der Waals surface area contributed by atoms with Crippen molar-refractivity contribution < 1.29 is 18.0 Å². The van der Waals surface area contributed by atoms with Gasteiger partial charge in [0.15, 0.2) is 0 Å². The quantitative estimate of drug-likeness (QED) is 0.771. The molecule has 3 atom stereocenters. The van der Waals surface area contributed by atoms with Crippen molar-refractivity contribution >= 4 is 5.91 Å². The molecule has 1 amide bonds. The zero-order valence-corrected chi connectivity index (χ0v) is 18.8. The van der Waals surface area contributed by atoms with Gasteiger partial charge in [-0.05, 0) is 74.9 Å². The molecular weight excluding hydrogens is 403 g/mol. The molecule has 2 aliphatic heterocycles. The van der Waals surface area contributed by atoms with Gasteiger partial charge in [0.1, 0.15) is 0 Å². The maximum Gasteiger partial charge on any atom is 0.416 e. The Bertz CT molecular complexity index is 825. The first-order chi connectivity index (χ1) is 14.6. The van der Waals surface area contributed by atoms with Crippen molar-refractivity contribution in [2.24, 2.45) is 11.3 Å². The zero-order chi connectivity index (χ0) is 22.4. The Kier molecular flexibility index (Phi) is 6.12. The molecule has 2 fully saturated rings. The molecule has 3 aliphatic rings. The van der Waals surface area contributed by atoms with E-state index < -0.39 is 17.2 Å². The molecule has 1 N–H and O–H groups in total. The van der Waals surface area contributed by atoms with Gasteiger partial charge in [-0.25, -0.2) is 0 Å². The summed E-state index contributed by atoms with van der Waals surface area (Å²) in [6, 6.07) is 4.77. The van der Waals surface area contributed by atoms with Gasteiger partial charge in [0.05, 0.1) is 11.0 Å². The highest BCUT2D eigenvalue weighted by Crippen LogP contribution is 2.47. The maximum absolute atomic E-state index is 13.8. The first-order valence-corrected chi connectivity index (χ1v) is 11.5. The summed E-state index contributed by atoms with van der Waals surface area (Å²) in [6.45, 7) is 7.23. The summed E-state index contributed by atoms with van der Waals surface area (Å²) in [5.74, 6) is 0.319. The molecule has 0 bridgehead atoms. The van der Waals surface area contributed by atoms with Gasteiger partial charge in [0.2, 0.25) is 5.91 Å². The van der Waals surface area contributed by atoms with Crippen LogP contribution in [-0.4, -0.2) is 54.5 Å². The number of benzene rings is 1. The number of nitrogens with one attached hydrogen (secondary N) is 1. The molecule has 4 rings (SSSR count). The van der Waals surface area contributed by atoms with Crippen LogP contribution >= 0.6 is 0 Å². The van der Waals surface area contributed by atoms with Crippen LogP contribution in [0.2, 0.25) is 0 Å². The molecule has 172 valence electrons. The van der Waals surface area contributed by atoms with Gasteiger partial charge in [0, 0.05) is 31.7 Å².